The summed E-state index contributed by atoms with van der Waals surface area (Å²) in [7, 11) is -8.07. The second-order valence-electron chi connectivity index (χ2n) is 36.8. The fraction of sp³-hybridized carbons (Fsp3) is 0.491. The van der Waals surface area contributed by atoms with E-state index in [0.717, 1.165) is 0 Å². The first kappa shape index (κ1) is 114. The van der Waals surface area contributed by atoms with Crippen molar-refractivity contribution in [1.29, 1.82) is 0 Å². The summed E-state index contributed by atoms with van der Waals surface area (Å²) in [5, 5.41) is 9.59. The van der Waals surface area contributed by atoms with Crippen molar-refractivity contribution in [2.75, 3.05) is 205 Å². The minimum Gasteiger partial charge on any atom is -0.487 e. The van der Waals surface area contributed by atoms with Gasteiger partial charge in [-0.15, -0.1) is 0 Å². The van der Waals surface area contributed by atoms with E-state index in [-0.39, 0.29) is 119 Å². The van der Waals surface area contributed by atoms with Gasteiger partial charge in [0.25, 0.3) is 36.8 Å². The Kier molecular flexibility index (Phi) is 47.9. The van der Waals surface area contributed by atoms with Gasteiger partial charge in [0.1, 0.15) is 39.1 Å². The highest BCUT2D eigenvalue weighted by atomic mass is 28.4. The van der Waals surface area contributed by atoms with Gasteiger partial charge >= 0.3 is 24.0 Å². The molecule has 0 spiro atoms. The van der Waals surface area contributed by atoms with Gasteiger partial charge in [0.2, 0.25) is 12.0 Å². The number of aliphatic imine (C=N–C) groups is 1. The van der Waals surface area contributed by atoms with Gasteiger partial charge in [-0.2, -0.15) is 0 Å². The van der Waals surface area contributed by atoms with E-state index in [1.807, 2.05) is 36.4 Å². The molecule has 5 unspecified atom stereocenters. The van der Waals surface area contributed by atoms with Gasteiger partial charge in [-0.1, -0.05) is 256 Å². The fourth-order valence-corrected chi connectivity index (χ4v) is 30.9. The van der Waals surface area contributed by atoms with Crippen LogP contribution in [0, 0.1) is 0 Å². The molecule has 1 fully saturated rings. The summed E-state index contributed by atoms with van der Waals surface area (Å²) in [5.41, 5.74) is 1.31. The number of carbonyl (C=O) groups excluding carboxylic acids is 6. The van der Waals surface area contributed by atoms with Crippen LogP contribution in [0.4, 0.5) is 4.79 Å². The molecular weight excluding hydrogens is 1890 g/mol. The van der Waals surface area contributed by atoms with Crippen LogP contribution < -0.4 is 50.6 Å². The Labute approximate surface area is 844 Å². The summed E-state index contributed by atoms with van der Waals surface area (Å²) in [6, 6.07) is 72.9. The van der Waals surface area contributed by atoms with Crippen LogP contribution in [0.1, 0.15) is 116 Å². The molecule has 143 heavy (non-hydrogen) atoms. The van der Waals surface area contributed by atoms with Crippen molar-refractivity contribution in [2.45, 2.75) is 142 Å². The van der Waals surface area contributed by atoms with E-state index in [1.165, 1.54) is 56.8 Å². The molecule has 35 heteroatoms. The molecule has 3 aliphatic heterocycles. The van der Waals surface area contributed by atoms with E-state index in [2.05, 4.69) is 218 Å². The van der Waals surface area contributed by atoms with Crippen LogP contribution >= 0.6 is 0 Å². The molecule has 3 aliphatic rings. The summed E-state index contributed by atoms with van der Waals surface area (Å²) in [6.45, 7) is 34.0. The Bertz CT molecular complexity index is 4820. The number of fused-ring (bicyclic) bond motifs is 2. The van der Waals surface area contributed by atoms with Crippen molar-refractivity contribution >= 4 is 97.8 Å². The molecule has 1 N–H and O–H groups in total. The lowest BCUT2D eigenvalue weighted by molar-refractivity contribution is -0.249. The van der Waals surface area contributed by atoms with Crippen LogP contribution in [0.2, 0.25) is 15.1 Å². The first-order valence-electron chi connectivity index (χ1n) is 48.9. The largest absolute Gasteiger partial charge is 0.487 e. The number of benzene rings is 8. The molecule has 3 heterocycles. The third-order valence-electron chi connectivity index (χ3n) is 23.5. The Balaban J connectivity index is 0.000000797. The molecule has 5 atom stereocenters. The smallest absolute Gasteiger partial charge is 0.407 e. The number of carbonyl (C=O) groups is 6. The number of alkyl carbamates (subject to hydrolysis) is 1. The highest BCUT2D eigenvalue weighted by Crippen LogP contribution is 2.42. The summed E-state index contributed by atoms with van der Waals surface area (Å²) < 4.78 is 138. The lowest BCUT2D eigenvalue weighted by Crippen LogP contribution is -2.66. The molecule has 8 aromatic rings. The average molecular weight is 2030 g/mol. The van der Waals surface area contributed by atoms with Gasteiger partial charge in [0, 0.05) is 34.2 Å². The monoisotopic (exact) mass is 2030 g/mol. The quantitative estimate of drug-likeness (QED) is 0.0122. The maximum Gasteiger partial charge on any atom is 0.407 e. The normalized spacial score (nSPS) is 15.9. The topological polar surface area (TPSA) is 342 Å². The van der Waals surface area contributed by atoms with E-state index < -0.39 is 79.6 Å². The summed E-state index contributed by atoms with van der Waals surface area (Å²) >= 11 is 0. The van der Waals surface area contributed by atoms with Crippen LogP contribution in [-0.4, -0.2) is 307 Å². The molecule has 1 saturated heterocycles. The van der Waals surface area contributed by atoms with E-state index >= 15 is 0 Å². The highest BCUT2D eigenvalue weighted by Gasteiger charge is 2.56. The van der Waals surface area contributed by atoms with Crippen LogP contribution in [0.25, 0.3) is 0 Å². The van der Waals surface area contributed by atoms with Crippen molar-refractivity contribution in [3.05, 3.63) is 235 Å². The number of rotatable bonds is 63. The zero-order chi connectivity index (χ0) is 102. The predicted octanol–water partition coefficient (Wildman–Crippen LogP) is 11.2. The standard InChI is InChI=1S/C94H126N2O21Si3.C14H19NO8/c1-92(2,3)118(78-30-16-10-17-31-78,79-32-18-11-19-33-79)115-71-65-108-59-53-102-50-56-105-62-68-111-86-74-77(76-114-91(99)95-44-46-100-48-49-101-47-45-96-89(97)84-42-28-29-43-85(84)90(96)98)75-87(112-69-63-106-57-51-103-54-60-109-66-72-116-119(93(4,5)6,80-34-20-12-21-35-80)81-36-22-13-23-37-81)88(86)113-70-64-107-58-52-104-55-61-110-67-73-117-120(94(7,8)9,82-38-24-14-25-39-82)83-40-26-15-27-41-83;1-6-15-11-13(22-9(4)18)12(21-8(3)17)10(5-19-7(2)16)23-14(11)20-6/h10-43,74-75H,44-73,76H2,1-9H3,(H,95,99);10-14H,5H2,1-4H3. The average Bonchev–Trinajstić information content (AvgIpc) is 1.75. The number of hydrogen-bond acceptors (Lipinski definition) is 30. The van der Waals surface area contributed by atoms with Gasteiger partial charge in [0.15, 0.2) is 35.6 Å². The molecule has 0 aromatic heterocycles. The van der Waals surface area contributed by atoms with Gasteiger partial charge in [-0.05, 0) is 76.1 Å². The Morgan fingerprint density at radius 1 is 0.364 bits per heavy atom. The van der Waals surface area contributed by atoms with E-state index in [1.54, 1.807) is 43.3 Å². The number of esters is 3. The van der Waals surface area contributed by atoms with Gasteiger partial charge in [0.05, 0.1) is 183 Å². The predicted molar refractivity (Wildman–Crippen MR) is 547 cm³/mol. The maximum atomic E-state index is 13.2. The van der Waals surface area contributed by atoms with Gasteiger partial charge in [-0.25, -0.2) is 9.79 Å². The number of nitrogens with zero attached hydrogens (tertiary/aromatic N) is 2. The fourth-order valence-electron chi connectivity index (χ4n) is 17.2. The SMILES string of the molecule is CC(=O)OCC1OC2OC(C)=NC2C(OC(C)=O)C1OC(C)=O.CC(C)(C)[Si](OCCOCCOCCOCCOc1cc(COC(=O)NCCOCCOCCN2C(=O)c3ccccc3C2=O)cc(OCCOCCOCCOCCO[Si](c2ccccc2)(c2ccccc2)C(C)(C)C)c1OCCOCCOCCOCCO[Si](c1ccccc1)(c1ccccc1)C(C)(C)C)(c1ccccc1)c1ccccc1. The highest BCUT2D eigenvalue weighted by molar-refractivity contribution is 7.00. The van der Waals surface area contributed by atoms with Crippen molar-refractivity contribution < 1.29 is 137 Å². The second-order valence-corrected chi connectivity index (χ2v) is 49.7. The number of imide groups is 1. The first-order valence-corrected chi connectivity index (χ1v) is 54.7. The minimum atomic E-state index is -2.69. The molecule has 11 rings (SSSR count). The third-order valence-corrected chi connectivity index (χ3v) is 38.7. The minimum absolute atomic E-state index is 0.111. The second kappa shape index (κ2) is 59.8. The molecule has 0 saturated carbocycles. The molecule has 3 amide bonds. The number of hydrogen-bond donors (Lipinski definition) is 1. The van der Waals surface area contributed by atoms with Crippen molar-refractivity contribution in [1.82, 2.24) is 10.2 Å². The number of ether oxygens (including phenoxy) is 20. The Hall–Kier alpha value is -10.5. The Morgan fingerprint density at radius 2 is 0.664 bits per heavy atom. The molecule has 0 radical (unpaired) electrons. The number of nitrogens with one attached hydrogen (secondary N) is 1. The van der Waals surface area contributed by atoms with Crippen LogP contribution in [0.3, 0.4) is 0 Å². The number of amides is 3. The molecular formula is C108H145N3O29Si3. The summed E-state index contributed by atoms with van der Waals surface area (Å²) in [4.78, 5) is 77.9. The summed E-state index contributed by atoms with van der Waals surface area (Å²) in [6.07, 6.45) is -4.18. The van der Waals surface area contributed by atoms with Crippen LogP contribution in [-0.2, 0) is 115 Å². The van der Waals surface area contributed by atoms with Gasteiger partial charge < -0.3 is 113 Å². The lowest BCUT2D eigenvalue weighted by Gasteiger charge is -2.43. The molecule has 8 aromatic carbocycles. The third kappa shape index (κ3) is 34.6. The molecule has 0 aliphatic carbocycles. The zero-order valence-electron chi connectivity index (χ0n) is 85.0. The van der Waals surface area contributed by atoms with E-state index in [9.17, 15) is 28.8 Å². The van der Waals surface area contributed by atoms with Crippen LogP contribution in [0.5, 0.6) is 17.2 Å². The zero-order valence-corrected chi connectivity index (χ0v) is 88.0. The van der Waals surface area contributed by atoms with Crippen molar-refractivity contribution in [2.24, 2.45) is 4.99 Å². The lowest BCUT2D eigenvalue weighted by atomic mass is 9.97. The van der Waals surface area contributed by atoms with E-state index in [0.29, 0.717) is 159 Å². The van der Waals surface area contributed by atoms with Crippen molar-refractivity contribution in [3.8, 4) is 17.2 Å². The van der Waals surface area contributed by atoms with E-state index in [4.69, 9.17) is 108 Å². The maximum absolute atomic E-state index is 13.2. The van der Waals surface area contributed by atoms with Crippen molar-refractivity contribution in [3.63, 3.8) is 0 Å². The molecule has 32 nitrogen and oxygen atoms in total. The Morgan fingerprint density at radius 3 is 0.993 bits per heavy atom. The first-order chi connectivity index (χ1) is 69.1. The van der Waals surface area contributed by atoms with Gasteiger partial charge in [-0.3, -0.25) is 28.9 Å². The van der Waals surface area contributed by atoms with Crippen LogP contribution in [0.15, 0.2) is 223 Å². The molecule has 778 valence electrons. The molecule has 0 bridgehead atoms. The summed E-state index contributed by atoms with van der Waals surface area (Å²) in [5.74, 6) is -1.04.